The van der Waals surface area contributed by atoms with Gasteiger partial charge in [-0.25, -0.2) is 0 Å². The highest BCUT2D eigenvalue weighted by Gasteiger charge is 2.22. The zero-order valence-corrected chi connectivity index (χ0v) is 10.3. The lowest BCUT2D eigenvalue weighted by Gasteiger charge is -2.05. The van der Waals surface area contributed by atoms with Crippen molar-refractivity contribution in [1.82, 2.24) is 0 Å². The van der Waals surface area contributed by atoms with Crippen molar-refractivity contribution in [2.24, 2.45) is 10.7 Å². The third-order valence-corrected chi connectivity index (χ3v) is 3.15. The van der Waals surface area contributed by atoms with E-state index in [0.717, 1.165) is 30.2 Å². The molecular formula is C12H12ClN3O2. The topological polar surface area (TPSA) is 81.5 Å². The second-order valence-electron chi connectivity index (χ2n) is 4.02. The van der Waals surface area contributed by atoms with E-state index in [1.165, 1.54) is 6.21 Å². The van der Waals surface area contributed by atoms with Crippen LogP contribution in [-0.2, 0) is 6.42 Å². The maximum absolute atomic E-state index is 10.6. The number of nitrogens with two attached hydrogens (primary N) is 1. The Morgan fingerprint density at radius 2 is 2.39 bits per heavy atom. The van der Waals surface area contributed by atoms with Crippen LogP contribution in [0.5, 0.6) is 0 Å². The minimum atomic E-state index is -0.554. The number of hydrogen-bond donors (Lipinski definition) is 1. The van der Waals surface area contributed by atoms with E-state index in [1.807, 2.05) is 12.1 Å². The van der Waals surface area contributed by atoms with Gasteiger partial charge in [-0.15, -0.1) is 0 Å². The fourth-order valence-corrected chi connectivity index (χ4v) is 2.23. The smallest absolute Gasteiger partial charge is 0.302 e. The molecule has 0 fully saturated rings. The van der Waals surface area contributed by atoms with Gasteiger partial charge in [-0.1, -0.05) is 17.7 Å². The molecule has 0 radical (unpaired) electrons. The van der Waals surface area contributed by atoms with Crippen molar-refractivity contribution in [2.75, 3.05) is 0 Å². The Morgan fingerprint density at radius 1 is 1.61 bits per heavy atom. The van der Waals surface area contributed by atoms with Gasteiger partial charge >= 0.3 is 5.70 Å². The van der Waals surface area contributed by atoms with E-state index in [-0.39, 0.29) is 11.7 Å². The van der Waals surface area contributed by atoms with Crippen molar-refractivity contribution in [1.29, 1.82) is 0 Å². The van der Waals surface area contributed by atoms with Gasteiger partial charge in [0.25, 0.3) is 0 Å². The van der Waals surface area contributed by atoms with Gasteiger partial charge in [0.1, 0.15) is 6.21 Å². The molecule has 6 heteroatoms. The summed E-state index contributed by atoms with van der Waals surface area (Å²) in [4.78, 5) is 14.2. The molecule has 18 heavy (non-hydrogen) atoms. The molecule has 1 aromatic carbocycles. The molecule has 0 bridgehead atoms. The number of halogens is 1. The van der Waals surface area contributed by atoms with Crippen LogP contribution in [0.2, 0.25) is 5.02 Å². The SMILES string of the molecule is NC=C(C=NC1CCc2cc(Cl)ccc21)[N+](=O)[O-]. The Morgan fingerprint density at radius 3 is 3.06 bits per heavy atom. The summed E-state index contributed by atoms with van der Waals surface area (Å²) in [6, 6.07) is 5.60. The summed E-state index contributed by atoms with van der Waals surface area (Å²) in [5, 5.41) is 11.3. The van der Waals surface area contributed by atoms with E-state index in [9.17, 15) is 10.1 Å². The Kier molecular flexibility index (Phi) is 3.62. The number of nitro groups is 1. The maximum atomic E-state index is 10.6. The quantitative estimate of drug-likeness (QED) is 0.518. The number of benzene rings is 1. The molecule has 5 nitrogen and oxygen atoms in total. The molecule has 1 aliphatic rings. The molecule has 0 aliphatic heterocycles. The summed E-state index contributed by atoms with van der Waals surface area (Å²) in [6.45, 7) is 0. The van der Waals surface area contributed by atoms with E-state index in [4.69, 9.17) is 17.3 Å². The molecule has 2 N–H and O–H groups in total. The molecule has 0 spiro atoms. The van der Waals surface area contributed by atoms with E-state index >= 15 is 0 Å². The van der Waals surface area contributed by atoms with Gasteiger partial charge in [0, 0.05) is 5.02 Å². The van der Waals surface area contributed by atoms with E-state index in [2.05, 4.69) is 4.99 Å². The maximum Gasteiger partial charge on any atom is 0.302 e. The van der Waals surface area contributed by atoms with Gasteiger partial charge in [0.05, 0.1) is 17.2 Å². The molecule has 1 atom stereocenters. The Hall–Kier alpha value is -1.88. The van der Waals surface area contributed by atoms with Gasteiger partial charge in [-0.3, -0.25) is 15.1 Å². The van der Waals surface area contributed by atoms with Crippen LogP contribution in [0.15, 0.2) is 35.1 Å². The average Bonchev–Trinajstić information content (AvgIpc) is 2.72. The monoisotopic (exact) mass is 265 g/mol. The van der Waals surface area contributed by atoms with Crippen LogP contribution in [-0.4, -0.2) is 11.1 Å². The summed E-state index contributed by atoms with van der Waals surface area (Å²) in [5.41, 5.74) is 7.20. The Bertz CT molecular complexity index is 540. The number of fused-ring (bicyclic) bond motifs is 1. The van der Waals surface area contributed by atoms with Crippen LogP contribution in [0.3, 0.4) is 0 Å². The van der Waals surface area contributed by atoms with Crippen LogP contribution in [0.4, 0.5) is 0 Å². The Balaban J connectivity index is 2.20. The molecule has 0 amide bonds. The first-order valence-corrected chi connectivity index (χ1v) is 5.87. The number of nitrogens with zero attached hydrogens (tertiary/aromatic N) is 2. The fraction of sp³-hybridized carbons (Fsp3) is 0.250. The van der Waals surface area contributed by atoms with Crippen molar-refractivity contribution < 1.29 is 4.92 Å². The van der Waals surface area contributed by atoms with Crippen molar-refractivity contribution in [3.8, 4) is 0 Å². The number of aryl methyl sites for hydroxylation is 1. The highest BCUT2D eigenvalue weighted by Crippen LogP contribution is 2.35. The summed E-state index contributed by atoms with van der Waals surface area (Å²) in [5.74, 6) is 0. The van der Waals surface area contributed by atoms with Crippen molar-refractivity contribution in [3.05, 3.63) is 56.4 Å². The fourth-order valence-electron chi connectivity index (χ4n) is 2.04. The van der Waals surface area contributed by atoms with Crippen LogP contribution < -0.4 is 5.73 Å². The van der Waals surface area contributed by atoms with Crippen LogP contribution in [0.1, 0.15) is 23.6 Å². The third kappa shape index (κ3) is 2.51. The first-order valence-electron chi connectivity index (χ1n) is 5.49. The number of hydrogen-bond acceptors (Lipinski definition) is 4. The molecule has 1 aromatic rings. The second kappa shape index (κ2) is 5.18. The lowest BCUT2D eigenvalue weighted by Crippen LogP contribution is -2.04. The van der Waals surface area contributed by atoms with Crippen molar-refractivity contribution in [2.45, 2.75) is 18.9 Å². The third-order valence-electron chi connectivity index (χ3n) is 2.92. The Labute approximate surface area is 109 Å². The normalized spacial score (nSPS) is 19.2. The lowest BCUT2D eigenvalue weighted by atomic mass is 10.1. The predicted molar refractivity (Wildman–Crippen MR) is 70.3 cm³/mol. The largest absolute Gasteiger partial charge is 0.399 e. The predicted octanol–water partition coefficient (Wildman–Crippen LogP) is 2.47. The van der Waals surface area contributed by atoms with Crippen LogP contribution in [0.25, 0.3) is 0 Å². The number of allylic oxidation sites excluding steroid dienone is 1. The van der Waals surface area contributed by atoms with Gasteiger partial charge in [0.2, 0.25) is 0 Å². The standard InChI is InChI=1S/C12H12ClN3O2/c13-9-2-3-11-8(5-9)1-4-12(11)15-7-10(6-14)16(17)18/h2-3,5-7,12H,1,4,14H2. The van der Waals surface area contributed by atoms with Gasteiger partial charge < -0.3 is 5.73 Å². The molecule has 0 saturated heterocycles. The summed E-state index contributed by atoms with van der Waals surface area (Å²) >= 11 is 5.91. The van der Waals surface area contributed by atoms with E-state index in [0.29, 0.717) is 5.02 Å². The van der Waals surface area contributed by atoms with Crippen molar-refractivity contribution in [3.63, 3.8) is 0 Å². The molecule has 94 valence electrons. The molecule has 1 aliphatic carbocycles. The first-order chi connectivity index (χ1) is 8.61. The van der Waals surface area contributed by atoms with Crippen LogP contribution in [0, 0.1) is 10.1 Å². The molecular weight excluding hydrogens is 254 g/mol. The first kappa shape index (κ1) is 12.6. The summed E-state index contributed by atoms with van der Waals surface area (Å²) in [6.07, 6.45) is 3.88. The van der Waals surface area contributed by atoms with Crippen LogP contribution >= 0.6 is 11.6 Å². The minimum absolute atomic E-state index is 0.0489. The number of rotatable bonds is 3. The second-order valence-corrected chi connectivity index (χ2v) is 4.46. The van der Waals surface area contributed by atoms with E-state index < -0.39 is 4.92 Å². The highest BCUT2D eigenvalue weighted by molar-refractivity contribution is 6.30. The zero-order valence-electron chi connectivity index (χ0n) is 9.54. The molecule has 2 rings (SSSR count). The van der Waals surface area contributed by atoms with E-state index in [1.54, 1.807) is 6.07 Å². The molecule has 1 unspecified atom stereocenters. The molecule has 0 saturated carbocycles. The summed E-state index contributed by atoms with van der Waals surface area (Å²) < 4.78 is 0. The zero-order chi connectivity index (χ0) is 13.1. The molecule has 0 heterocycles. The van der Waals surface area contributed by atoms with Crippen molar-refractivity contribution >= 4 is 17.8 Å². The minimum Gasteiger partial charge on any atom is -0.399 e. The molecule has 0 aromatic heterocycles. The van der Waals surface area contributed by atoms with Gasteiger partial charge in [-0.2, -0.15) is 0 Å². The number of aliphatic imine (C=N–C) groups is 1. The summed E-state index contributed by atoms with van der Waals surface area (Å²) in [7, 11) is 0. The van der Waals surface area contributed by atoms with Gasteiger partial charge in [-0.05, 0) is 36.1 Å². The average molecular weight is 266 g/mol. The van der Waals surface area contributed by atoms with Gasteiger partial charge in [0.15, 0.2) is 0 Å². The lowest BCUT2D eigenvalue weighted by molar-refractivity contribution is -0.414. The highest BCUT2D eigenvalue weighted by atomic mass is 35.5.